The molecule has 256 valence electrons. The van der Waals surface area contributed by atoms with Gasteiger partial charge in [0.05, 0.1) is 10.8 Å². The van der Waals surface area contributed by atoms with Crippen molar-refractivity contribution in [2.75, 3.05) is 0 Å². The summed E-state index contributed by atoms with van der Waals surface area (Å²) in [4.78, 5) is 0. The summed E-state index contributed by atoms with van der Waals surface area (Å²) in [6, 6.07) is 76.2. The molecule has 0 saturated carbocycles. The van der Waals surface area contributed by atoms with E-state index < -0.39 is 10.8 Å². The SMILES string of the molecule is c1ccc(C2(c3ccccc3)c3ccccc3Oc3ccc(-c4ccc5c(c4)C4(c6ccccc6-5)c5ccccc5-c5c4ccc4ccccc54)cc32)cc1. The van der Waals surface area contributed by atoms with Gasteiger partial charge in [0.15, 0.2) is 0 Å². The molecule has 1 aliphatic heterocycles. The van der Waals surface area contributed by atoms with Crippen LogP contribution in [-0.4, -0.2) is 0 Å². The molecule has 1 unspecified atom stereocenters. The van der Waals surface area contributed by atoms with E-state index in [1.807, 2.05) is 0 Å². The van der Waals surface area contributed by atoms with E-state index in [1.165, 1.54) is 72.0 Å². The summed E-state index contributed by atoms with van der Waals surface area (Å²) < 4.78 is 6.77. The maximum Gasteiger partial charge on any atom is 0.132 e. The fourth-order valence-electron chi connectivity index (χ4n) is 10.5. The van der Waals surface area contributed by atoms with Crippen LogP contribution in [0.3, 0.4) is 0 Å². The van der Waals surface area contributed by atoms with Crippen LogP contribution in [0.5, 0.6) is 11.5 Å². The van der Waals surface area contributed by atoms with Crippen LogP contribution in [0.15, 0.2) is 206 Å². The van der Waals surface area contributed by atoms with Crippen molar-refractivity contribution in [3.63, 3.8) is 0 Å². The summed E-state index contributed by atoms with van der Waals surface area (Å²) in [5.74, 6) is 1.77. The van der Waals surface area contributed by atoms with Crippen LogP contribution < -0.4 is 4.74 Å². The Morgan fingerprint density at radius 2 is 0.855 bits per heavy atom. The molecule has 0 fully saturated rings. The molecule has 55 heavy (non-hydrogen) atoms. The number of hydrogen-bond donors (Lipinski definition) is 0. The van der Waals surface area contributed by atoms with E-state index >= 15 is 0 Å². The average Bonchev–Trinajstić information content (AvgIpc) is 3.73. The van der Waals surface area contributed by atoms with Crippen LogP contribution in [0.4, 0.5) is 0 Å². The van der Waals surface area contributed by atoms with E-state index in [4.69, 9.17) is 4.74 Å². The van der Waals surface area contributed by atoms with Crippen molar-refractivity contribution >= 4 is 10.8 Å². The minimum atomic E-state index is -0.582. The molecule has 0 bridgehead atoms. The van der Waals surface area contributed by atoms with Gasteiger partial charge in [-0.1, -0.05) is 182 Å². The largest absolute Gasteiger partial charge is 0.457 e. The Labute approximate surface area is 320 Å². The normalized spacial score (nSPS) is 16.4. The van der Waals surface area contributed by atoms with Gasteiger partial charge in [0.25, 0.3) is 0 Å². The van der Waals surface area contributed by atoms with Crippen molar-refractivity contribution in [3.05, 3.63) is 251 Å². The molecule has 12 rings (SSSR count). The van der Waals surface area contributed by atoms with Crippen LogP contribution in [0, 0.1) is 0 Å². The van der Waals surface area contributed by atoms with Gasteiger partial charge in [-0.05, 0) is 102 Å². The average molecular weight is 699 g/mol. The highest BCUT2D eigenvalue weighted by atomic mass is 16.5. The van der Waals surface area contributed by atoms with E-state index in [1.54, 1.807) is 0 Å². The summed E-state index contributed by atoms with van der Waals surface area (Å²) in [5.41, 5.74) is 16.7. The quantitative estimate of drug-likeness (QED) is 0.178. The lowest BCUT2D eigenvalue weighted by molar-refractivity contribution is 0.434. The minimum Gasteiger partial charge on any atom is -0.457 e. The molecule has 0 saturated heterocycles. The Bertz CT molecular complexity index is 2970. The van der Waals surface area contributed by atoms with Crippen LogP contribution in [-0.2, 0) is 10.8 Å². The molecule has 1 nitrogen and oxygen atoms in total. The molecule has 1 spiro atoms. The van der Waals surface area contributed by atoms with Gasteiger partial charge in [0.1, 0.15) is 11.5 Å². The zero-order valence-corrected chi connectivity index (χ0v) is 30.0. The molecule has 0 amide bonds. The highest BCUT2D eigenvalue weighted by Gasteiger charge is 2.52. The van der Waals surface area contributed by atoms with Gasteiger partial charge in [-0.3, -0.25) is 0 Å². The second kappa shape index (κ2) is 11.3. The second-order valence-corrected chi connectivity index (χ2v) is 15.1. The summed E-state index contributed by atoms with van der Waals surface area (Å²) >= 11 is 0. The fraction of sp³-hybridized carbons (Fsp3) is 0.0370. The van der Waals surface area contributed by atoms with Gasteiger partial charge in [0, 0.05) is 11.1 Å². The van der Waals surface area contributed by atoms with Crippen LogP contribution in [0.1, 0.15) is 44.5 Å². The van der Waals surface area contributed by atoms with E-state index in [0.29, 0.717) is 0 Å². The van der Waals surface area contributed by atoms with E-state index in [-0.39, 0.29) is 0 Å². The Morgan fingerprint density at radius 1 is 0.309 bits per heavy atom. The second-order valence-electron chi connectivity index (χ2n) is 15.1. The van der Waals surface area contributed by atoms with Crippen molar-refractivity contribution in [1.29, 1.82) is 0 Å². The third-order valence-corrected chi connectivity index (χ3v) is 12.6. The number of hydrogen-bond acceptors (Lipinski definition) is 1. The summed E-state index contributed by atoms with van der Waals surface area (Å²) in [6.07, 6.45) is 0. The molecule has 0 N–H and O–H groups in total. The summed E-state index contributed by atoms with van der Waals surface area (Å²) in [5, 5.41) is 2.58. The Balaban J connectivity index is 1.13. The van der Waals surface area contributed by atoms with Crippen molar-refractivity contribution in [3.8, 4) is 44.9 Å². The van der Waals surface area contributed by atoms with Crippen LogP contribution in [0.25, 0.3) is 44.2 Å². The first-order chi connectivity index (χ1) is 27.3. The monoisotopic (exact) mass is 698 g/mol. The molecule has 9 aromatic carbocycles. The highest BCUT2D eigenvalue weighted by molar-refractivity contribution is 6.06. The van der Waals surface area contributed by atoms with Gasteiger partial charge in [-0.15, -0.1) is 0 Å². The molecule has 1 heterocycles. The van der Waals surface area contributed by atoms with Crippen molar-refractivity contribution in [2.24, 2.45) is 0 Å². The van der Waals surface area contributed by atoms with E-state index in [0.717, 1.165) is 28.2 Å². The molecule has 2 aliphatic carbocycles. The molecule has 0 radical (unpaired) electrons. The van der Waals surface area contributed by atoms with Gasteiger partial charge >= 0.3 is 0 Å². The minimum absolute atomic E-state index is 0.439. The predicted molar refractivity (Wildman–Crippen MR) is 224 cm³/mol. The summed E-state index contributed by atoms with van der Waals surface area (Å²) in [7, 11) is 0. The first-order valence-electron chi connectivity index (χ1n) is 19.2. The third-order valence-electron chi connectivity index (χ3n) is 12.6. The Kier molecular flexibility index (Phi) is 6.25. The van der Waals surface area contributed by atoms with E-state index in [9.17, 15) is 0 Å². The Hall–Kier alpha value is -6.96. The maximum absolute atomic E-state index is 6.77. The van der Waals surface area contributed by atoms with Gasteiger partial charge < -0.3 is 4.74 Å². The first-order valence-corrected chi connectivity index (χ1v) is 19.2. The first kappa shape index (κ1) is 30.5. The van der Waals surface area contributed by atoms with Gasteiger partial charge in [0.2, 0.25) is 0 Å². The zero-order valence-electron chi connectivity index (χ0n) is 30.0. The van der Waals surface area contributed by atoms with Crippen LogP contribution >= 0.6 is 0 Å². The molecule has 9 aromatic rings. The van der Waals surface area contributed by atoms with Crippen molar-refractivity contribution in [1.82, 2.24) is 0 Å². The molecule has 1 atom stereocenters. The maximum atomic E-state index is 6.77. The van der Waals surface area contributed by atoms with Crippen LogP contribution in [0.2, 0.25) is 0 Å². The predicted octanol–water partition coefficient (Wildman–Crippen LogP) is 13.3. The number of fused-ring (bicyclic) bond motifs is 14. The Morgan fingerprint density at radius 3 is 1.62 bits per heavy atom. The lowest BCUT2D eigenvalue weighted by Gasteiger charge is -2.41. The fourth-order valence-corrected chi connectivity index (χ4v) is 10.5. The number of benzene rings is 9. The molecule has 3 aliphatic rings. The molecule has 0 aromatic heterocycles. The standard InChI is InChI=1S/C54H34O/c1-3-16-38(17-4-1)53(39-18-5-2-6-19-39)46-25-13-14-26-50(46)55-51-32-29-37(34-49(51)53)36-27-30-42-41-21-9-11-23-44(41)54(48(42)33-36)45-24-12-10-22-43(45)52-40-20-8-7-15-35(40)28-31-47(52)54/h1-34H. The molecular formula is C54H34O. The molecule has 1 heteroatoms. The zero-order chi connectivity index (χ0) is 36.1. The topological polar surface area (TPSA) is 9.23 Å². The van der Waals surface area contributed by atoms with Crippen molar-refractivity contribution < 1.29 is 4.74 Å². The number of para-hydroxylation sites is 1. The lowest BCUT2D eigenvalue weighted by atomic mass is 9.63. The number of rotatable bonds is 3. The summed E-state index contributed by atoms with van der Waals surface area (Å²) in [6.45, 7) is 0. The highest BCUT2D eigenvalue weighted by Crippen LogP contribution is 2.64. The van der Waals surface area contributed by atoms with Gasteiger partial charge in [-0.25, -0.2) is 0 Å². The smallest absolute Gasteiger partial charge is 0.132 e. The number of ether oxygens (including phenoxy) is 1. The van der Waals surface area contributed by atoms with Crippen molar-refractivity contribution in [2.45, 2.75) is 10.8 Å². The molecular weight excluding hydrogens is 665 g/mol. The van der Waals surface area contributed by atoms with E-state index in [2.05, 4.69) is 206 Å². The van der Waals surface area contributed by atoms with Gasteiger partial charge in [-0.2, -0.15) is 0 Å². The lowest BCUT2D eigenvalue weighted by Crippen LogP contribution is -2.34. The third kappa shape index (κ3) is 3.92.